The van der Waals surface area contributed by atoms with Crippen LogP contribution in [0, 0.1) is 0 Å². The molecule has 2 aromatic heterocycles. The summed E-state index contributed by atoms with van der Waals surface area (Å²) in [5, 5.41) is 4.95. The second-order valence-electron chi connectivity index (χ2n) is 19.4. The Labute approximate surface area is 393 Å². The molecule has 4 aliphatic rings. The summed E-state index contributed by atoms with van der Waals surface area (Å²) in [5.74, 6) is 0. The molecule has 0 bridgehead atoms. The maximum atomic E-state index is 7.04. The molecule has 4 aliphatic carbocycles. The van der Waals surface area contributed by atoms with E-state index in [2.05, 4.69) is 219 Å². The number of allylic oxidation sites excluding steroid dienone is 4. The van der Waals surface area contributed by atoms with Crippen molar-refractivity contribution in [2.45, 2.75) is 37.5 Å². The molecule has 316 valence electrons. The summed E-state index contributed by atoms with van der Waals surface area (Å²) in [4.78, 5) is 2.51. The van der Waals surface area contributed by atoms with Crippen molar-refractivity contribution in [3.8, 4) is 33.4 Å². The Morgan fingerprint density at radius 3 is 1.93 bits per heavy atom. The van der Waals surface area contributed by atoms with Crippen LogP contribution >= 0.6 is 11.3 Å². The quantitative estimate of drug-likeness (QED) is 0.175. The van der Waals surface area contributed by atoms with Crippen LogP contribution in [0.1, 0.15) is 60.1 Å². The Morgan fingerprint density at radius 2 is 1.12 bits per heavy atom. The molecule has 0 saturated carbocycles. The van der Waals surface area contributed by atoms with Crippen LogP contribution in [0.15, 0.2) is 210 Å². The molecule has 15 rings (SSSR count). The highest BCUT2D eigenvalue weighted by Crippen LogP contribution is 2.65. The van der Waals surface area contributed by atoms with Gasteiger partial charge in [-0.1, -0.05) is 165 Å². The number of rotatable bonds is 4. The minimum absolute atomic E-state index is 0.0667. The lowest BCUT2D eigenvalue weighted by molar-refractivity contribution is 0.607. The van der Waals surface area contributed by atoms with Gasteiger partial charge >= 0.3 is 0 Å². The predicted octanol–water partition coefficient (Wildman–Crippen LogP) is 17.8. The van der Waals surface area contributed by atoms with E-state index < -0.39 is 5.41 Å². The molecule has 0 unspecified atom stereocenters. The molecule has 0 atom stereocenters. The molecule has 0 N–H and O–H groups in total. The molecule has 0 radical (unpaired) electrons. The lowest BCUT2D eigenvalue weighted by atomic mass is 9.70. The Kier molecular flexibility index (Phi) is 7.52. The van der Waals surface area contributed by atoms with Gasteiger partial charge in [-0.25, -0.2) is 0 Å². The van der Waals surface area contributed by atoms with Crippen molar-refractivity contribution in [2.24, 2.45) is 0 Å². The third-order valence-corrected chi connectivity index (χ3v) is 17.0. The first-order valence-electron chi connectivity index (χ1n) is 23.6. The van der Waals surface area contributed by atoms with Gasteiger partial charge in [-0.2, -0.15) is 0 Å². The van der Waals surface area contributed by atoms with E-state index in [4.69, 9.17) is 4.42 Å². The van der Waals surface area contributed by atoms with Gasteiger partial charge in [-0.3, -0.25) is 0 Å². The van der Waals surface area contributed by atoms with Gasteiger partial charge in [0.25, 0.3) is 0 Å². The van der Waals surface area contributed by atoms with Gasteiger partial charge in [0, 0.05) is 59.0 Å². The van der Waals surface area contributed by atoms with E-state index >= 15 is 0 Å². The summed E-state index contributed by atoms with van der Waals surface area (Å²) in [6.45, 7) is 4.85. The molecule has 67 heavy (non-hydrogen) atoms. The molecule has 1 spiro atoms. The number of anilines is 3. The molecule has 2 nitrogen and oxygen atoms in total. The van der Waals surface area contributed by atoms with Crippen molar-refractivity contribution >= 4 is 76.1 Å². The van der Waals surface area contributed by atoms with Gasteiger partial charge in [-0.15, -0.1) is 11.3 Å². The summed E-state index contributed by atoms with van der Waals surface area (Å²) in [6, 6.07) is 70.7. The fourth-order valence-corrected chi connectivity index (χ4v) is 14.1. The van der Waals surface area contributed by atoms with Gasteiger partial charge in [0.05, 0.1) is 5.41 Å². The topological polar surface area (TPSA) is 16.4 Å². The molecule has 11 aromatic rings. The zero-order valence-electron chi connectivity index (χ0n) is 37.2. The maximum Gasteiger partial charge on any atom is 0.140 e. The van der Waals surface area contributed by atoms with Crippen molar-refractivity contribution in [2.75, 3.05) is 4.90 Å². The number of furan rings is 1. The number of nitrogens with zero attached hydrogens (tertiary/aromatic N) is 1. The summed E-state index contributed by atoms with van der Waals surface area (Å²) < 4.78 is 9.69. The van der Waals surface area contributed by atoms with Crippen LogP contribution in [-0.4, -0.2) is 0 Å². The number of hydrogen-bond donors (Lipinski definition) is 0. The van der Waals surface area contributed by atoms with Crippen LogP contribution in [0.25, 0.3) is 81.1 Å². The van der Waals surface area contributed by atoms with Crippen molar-refractivity contribution in [3.63, 3.8) is 0 Å². The largest absolute Gasteiger partial charge is 0.456 e. The lowest BCUT2D eigenvalue weighted by Gasteiger charge is -2.32. The Morgan fingerprint density at radius 1 is 0.493 bits per heavy atom. The summed E-state index contributed by atoms with van der Waals surface area (Å²) >= 11 is 1.89. The molecule has 0 aliphatic heterocycles. The van der Waals surface area contributed by atoms with Crippen LogP contribution < -0.4 is 4.90 Å². The molecule has 9 aromatic carbocycles. The number of benzene rings is 9. The average molecular weight is 874 g/mol. The van der Waals surface area contributed by atoms with E-state index in [1.165, 1.54) is 92.5 Å². The van der Waals surface area contributed by atoms with E-state index in [-0.39, 0.29) is 5.41 Å². The Hall–Kier alpha value is -7.72. The first-order valence-corrected chi connectivity index (χ1v) is 24.4. The smallest absolute Gasteiger partial charge is 0.140 e. The van der Waals surface area contributed by atoms with Crippen molar-refractivity contribution in [1.82, 2.24) is 0 Å². The van der Waals surface area contributed by atoms with Crippen LogP contribution in [0.2, 0.25) is 0 Å². The third kappa shape index (κ3) is 4.89. The molecular weight excluding hydrogens is 831 g/mol. The number of fused-ring (bicyclic) bond motifs is 19. The van der Waals surface area contributed by atoms with Gasteiger partial charge in [0.15, 0.2) is 0 Å². The summed E-state index contributed by atoms with van der Waals surface area (Å²) in [5.41, 5.74) is 23.0. The van der Waals surface area contributed by atoms with E-state index in [9.17, 15) is 0 Å². The summed E-state index contributed by atoms with van der Waals surface area (Å²) in [6.07, 6.45) is 6.92. The minimum atomic E-state index is -0.602. The van der Waals surface area contributed by atoms with Crippen molar-refractivity contribution in [3.05, 3.63) is 239 Å². The fourth-order valence-electron chi connectivity index (χ4n) is 12.9. The van der Waals surface area contributed by atoms with Crippen LogP contribution in [0.3, 0.4) is 0 Å². The highest BCUT2D eigenvalue weighted by Gasteiger charge is 2.53. The monoisotopic (exact) mass is 873 g/mol. The van der Waals surface area contributed by atoms with E-state index in [0.717, 1.165) is 51.8 Å². The highest BCUT2D eigenvalue weighted by atomic mass is 32.1. The summed E-state index contributed by atoms with van der Waals surface area (Å²) in [7, 11) is 0. The second-order valence-corrected chi connectivity index (χ2v) is 20.4. The third-order valence-electron chi connectivity index (χ3n) is 15.8. The number of para-hydroxylation sites is 1. The normalized spacial score (nSPS) is 15.6. The number of thiophene rings is 1. The standard InChI is InChI=1S/C64H43NOS/c1-63(2)53-21-8-3-14-43(53)46-32-30-40(36-56(46)63)65(39-28-26-38(27-29-39)42-19-13-20-52-49-18-7-12-25-59(49)67-62(42)52)41-31-33-47-50-34-35-51-48-17-6-11-24-58(48)66-61(51)60(50)64(57(47)37-41)54-22-9-4-15-44(54)45-16-5-10-23-55(45)64/h3-7,9-20,22-37H,8,21H2,1-2H3. The van der Waals surface area contributed by atoms with E-state index in [1.807, 2.05) is 11.3 Å². The fraction of sp³-hybridized carbons (Fsp3) is 0.0938. The molecular formula is C64H43NOS. The molecule has 0 amide bonds. The first kappa shape index (κ1) is 37.5. The van der Waals surface area contributed by atoms with Crippen LogP contribution in [0.5, 0.6) is 0 Å². The Bertz CT molecular complexity index is 3980. The van der Waals surface area contributed by atoms with E-state index in [1.54, 1.807) is 5.57 Å². The van der Waals surface area contributed by atoms with Gasteiger partial charge < -0.3 is 9.32 Å². The minimum Gasteiger partial charge on any atom is -0.456 e. The zero-order valence-corrected chi connectivity index (χ0v) is 38.0. The van der Waals surface area contributed by atoms with Gasteiger partial charge in [0.2, 0.25) is 0 Å². The average Bonchev–Trinajstić information content (AvgIpc) is 4.16. The molecule has 0 fully saturated rings. The zero-order chi connectivity index (χ0) is 44.2. The highest BCUT2D eigenvalue weighted by molar-refractivity contribution is 7.26. The van der Waals surface area contributed by atoms with Crippen LogP contribution in [-0.2, 0) is 10.8 Å². The van der Waals surface area contributed by atoms with Gasteiger partial charge in [-0.05, 0) is 134 Å². The predicted molar refractivity (Wildman–Crippen MR) is 281 cm³/mol. The lowest BCUT2D eigenvalue weighted by Crippen LogP contribution is -2.26. The SMILES string of the molecule is CC1(C)C2=C(C=CCC2)c2ccc(N(c3ccc(-c4cccc5c4sc4ccccc45)cc3)c3ccc4c(c3)C3(c5ccccc5-c5ccccc53)c3c-4ccc4c3oc3ccccc34)cc21. The number of hydrogen-bond acceptors (Lipinski definition) is 3. The van der Waals surface area contributed by atoms with Crippen molar-refractivity contribution < 1.29 is 4.42 Å². The molecule has 2 heterocycles. The second kappa shape index (κ2) is 13.4. The maximum absolute atomic E-state index is 7.04. The van der Waals surface area contributed by atoms with Gasteiger partial charge in [0.1, 0.15) is 11.2 Å². The van der Waals surface area contributed by atoms with Crippen LogP contribution in [0.4, 0.5) is 17.1 Å². The molecule has 3 heteroatoms. The Balaban J connectivity index is 0.971. The molecule has 0 saturated heterocycles. The first-order chi connectivity index (χ1) is 33.0. The van der Waals surface area contributed by atoms with E-state index in [0.29, 0.717) is 0 Å². The van der Waals surface area contributed by atoms with Crippen molar-refractivity contribution in [1.29, 1.82) is 0 Å².